The molecule has 1 rings (SSSR count). The molecule has 12 heavy (non-hydrogen) atoms. The Morgan fingerprint density at radius 3 is 2.42 bits per heavy atom. The van der Waals surface area contributed by atoms with Crippen LogP contribution < -0.4 is 0 Å². The van der Waals surface area contributed by atoms with Crippen LogP contribution in [0.1, 0.15) is 5.56 Å². The lowest BCUT2D eigenvalue weighted by Crippen LogP contribution is -1.77. The molecule has 1 aromatic rings. The van der Waals surface area contributed by atoms with Crippen molar-refractivity contribution in [1.82, 2.24) is 0 Å². The lowest BCUT2D eigenvalue weighted by Gasteiger charge is -1.96. The molecule has 0 spiro atoms. The minimum atomic E-state index is 0.240. The number of nitroso groups, excluding NO2 is 1. The highest BCUT2D eigenvalue weighted by molar-refractivity contribution is 9.10. The summed E-state index contributed by atoms with van der Waals surface area (Å²) < 4.78 is 0.950. The van der Waals surface area contributed by atoms with Gasteiger partial charge in [0.15, 0.2) is 0 Å². The molecule has 0 amide bonds. The molecule has 0 aliphatic heterocycles. The Bertz CT molecular complexity index is 307. The Balaban J connectivity index is 3.04. The van der Waals surface area contributed by atoms with Crippen molar-refractivity contribution in [2.45, 2.75) is 0 Å². The molecule has 1 aromatic carbocycles. The predicted octanol–water partition coefficient (Wildman–Crippen LogP) is 3.75. The van der Waals surface area contributed by atoms with E-state index in [1.165, 1.54) is 0 Å². The molecule has 0 aliphatic carbocycles. The minimum Gasteiger partial charge on any atom is -0.145 e. The van der Waals surface area contributed by atoms with Gasteiger partial charge in [0, 0.05) is 15.6 Å². The topological polar surface area (TPSA) is 29.4 Å². The van der Waals surface area contributed by atoms with Gasteiger partial charge in [0.05, 0.1) is 0 Å². The van der Waals surface area contributed by atoms with Gasteiger partial charge in [0.1, 0.15) is 5.70 Å². The lowest BCUT2D eigenvalue weighted by molar-refractivity contribution is 1.48. The fourth-order valence-electron chi connectivity index (χ4n) is 0.756. The quantitative estimate of drug-likeness (QED) is 0.731. The molecule has 0 fully saturated rings. The van der Waals surface area contributed by atoms with Crippen LogP contribution in [-0.2, 0) is 0 Å². The summed E-state index contributed by atoms with van der Waals surface area (Å²) in [6.07, 6.45) is 0. The molecule has 0 bridgehead atoms. The molecule has 0 radical (unpaired) electrons. The Morgan fingerprint density at radius 2 is 2.00 bits per heavy atom. The number of benzene rings is 1. The summed E-state index contributed by atoms with van der Waals surface area (Å²) in [5.41, 5.74) is 2.11. The zero-order chi connectivity index (χ0) is 8.97. The predicted molar refractivity (Wildman–Crippen MR) is 53.8 cm³/mol. The van der Waals surface area contributed by atoms with Gasteiger partial charge in [0.2, 0.25) is 0 Å². The first kappa shape index (κ1) is 9.42. The highest BCUT2D eigenvalue weighted by Crippen LogP contribution is 2.19. The van der Waals surface area contributed by atoms with E-state index in [2.05, 4.69) is 21.1 Å². The molecule has 0 atom stereocenters. The van der Waals surface area contributed by atoms with E-state index in [0.29, 0.717) is 5.56 Å². The maximum Gasteiger partial charge on any atom is 0.126 e. The molecule has 4 heteroatoms. The molecule has 2 nitrogen and oxygen atoms in total. The molecule has 0 unspecified atom stereocenters. The van der Waals surface area contributed by atoms with Gasteiger partial charge >= 0.3 is 0 Å². The molecule has 0 saturated carbocycles. The van der Waals surface area contributed by atoms with Crippen molar-refractivity contribution in [3.05, 3.63) is 44.7 Å². The van der Waals surface area contributed by atoms with E-state index in [4.69, 9.17) is 11.6 Å². The first-order valence-electron chi connectivity index (χ1n) is 3.17. The van der Waals surface area contributed by atoms with Crippen molar-refractivity contribution in [2.75, 3.05) is 0 Å². The maximum absolute atomic E-state index is 10.2. The zero-order valence-corrected chi connectivity index (χ0v) is 8.34. The number of hydrogen-bond acceptors (Lipinski definition) is 2. The lowest BCUT2D eigenvalue weighted by atomic mass is 10.2. The van der Waals surface area contributed by atoms with Gasteiger partial charge in [-0.05, 0) is 17.3 Å². The van der Waals surface area contributed by atoms with E-state index in [-0.39, 0.29) is 5.70 Å². The van der Waals surface area contributed by atoms with Crippen LogP contribution >= 0.6 is 27.5 Å². The Hall–Kier alpha value is -0.670. The molecule has 0 saturated heterocycles. The van der Waals surface area contributed by atoms with Gasteiger partial charge in [-0.2, -0.15) is 0 Å². The van der Waals surface area contributed by atoms with Gasteiger partial charge in [-0.1, -0.05) is 39.7 Å². The van der Waals surface area contributed by atoms with Gasteiger partial charge in [-0.15, -0.1) is 4.91 Å². The Kier molecular flexibility index (Phi) is 3.44. The fourth-order valence-corrected chi connectivity index (χ4v) is 1.19. The molecular weight excluding hydrogens is 241 g/mol. The van der Waals surface area contributed by atoms with Crippen LogP contribution in [0.5, 0.6) is 0 Å². The van der Waals surface area contributed by atoms with Crippen LogP contribution in [0.4, 0.5) is 0 Å². The number of halogens is 2. The minimum absolute atomic E-state index is 0.240. The zero-order valence-electron chi connectivity index (χ0n) is 6.00. The standard InChI is InChI=1S/C8H5BrClNO/c9-7-3-1-6(2-4-7)8(5-10)11-12/h1-5H/b8-5+. The first-order chi connectivity index (χ1) is 5.77. The molecular formula is C8H5BrClNO. The van der Waals surface area contributed by atoms with Crippen LogP contribution in [-0.4, -0.2) is 0 Å². The normalized spacial score (nSPS) is 11.3. The summed E-state index contributed by atoms with van der Waals surface area (Å²) in [5, 5.41) is 2.77. The maximum atomic E-state index is 10.2. The second kappa shape index (κ2) is 4.38. The SMILES string of the molecule is O=N/C(=C/Cl)c1ccc(Br)cc1. The Morgan fingerprint density at radius 1 is 1.42 bits per heavy atom. The van der Waals surface area contributed by atoms with Gasteiger partial charge < -0.3 is 0 Å². The summed E-state index contributed by atoms with van der Waals surface area (Å²) in [6.45, 7) is 0. The van der Waals surface area contributed by atoms with Crippen LogP contribution in [0.3, 0.4) is 0 Å². The van der Waals surface area contributed by atoms with E-state index in [1.54, 1.807) is 12.1 Å². The van der Waals surface area contributed by atoms with E-state index < -0.39 is 0 Å². The highest BCUT2D eigenvalue weighted by Gasteiger charge is 1.99. The van der Waals surface area contributed by atoms with E-state index in [0.717, 1.165) is 10.0 Å². The number of hydrogen-bond donors (Lipinski definition) is 0. The summed E-state index contributed by atoms with van der Waals surface area (Å²) in [5.74, 6) is 0. The largest absolute Gasteiger partial charge is 0.145 e. The van der Waals surface area contributed by atoms with Crippen molar-refractivity contribution >= 4 is 33.2 Å². The second-order valence-electron chi connectivity index (χ2n) is 2.09. The van der Waals surface area contributed by atoms with Crippen molar-refractivity contribution in [2.24, 2.45) is 5.18 Å². The van der Waals surface area contributed by atoms with Gasteiger partial charge in [0.25, 0.3) is 0 Å². The molecule has 0 aliphatic rings. The van der Waals surface area contributed by atoms with E-state index in [9.17, 15) is 4.91 Å². The van der Waals surface area contributed by atoms with Crippen molar-refractivity contribution < 1.29 is 0 Å². The third-order valence-electron chi connectivity index (χ3n) is 1.34. The monoisotopic (exact) mass is 245 g/mol. The second-order valence-corrected chi connectivity index (χ2v) is 3.23. The van der Waals surface area contributed by atoms with Crippen molar-refractivity contribution in [1.29, 1.82) is 0 Å². The number of rotatable bonds is 2. The van der Waals surface area contributed by atoms with E-state index in [1.807, 2.05) is 12.1 Å². The van der Waals surface area contributed by atoms with Crippen LogP contribution in [0.15, 0.2) is 39.5 Å². The summed E-state index contributed by atoms with van der Waals surface area (Å²) in [7, 11) is 0. The molecule has 0 heterocycles. The summed E-state index contributed by atoms with van der Waals surface area (Å²) >= 11 is 8.65. The average Bonchev–Trinajstić information content (AvgIpc) is 2.10. The summed E-state index contributed by atoms with van der Waals surface area (Å²) in [6, 6.07) is 7.17. The van der Waals surface area contributed by atoms with E-state index >= 15 is 0 Å². The van der Waals surface area contributed by atoms with Crippen molar-refractivity contribution in [3.63, 3.8) is 0 Å². The molecule has 0 N–H and O–H groups in total. The van der Waals surface area contributed by atoms with Gasteiger partial charge in [-0.3, -0.25) is 0 Å². The first-order valence-corrected chi connectivity index (χ1v) is 4.40. The van der Waals surface area contributed by atoms with Crippen LogP contribution in [0, 0.1) is 4.91 Å². The fraction of sp³-hybridized carbons (Fsp3) is 0. The summed E-state index contributed by atoms with van der Waals surface area (Å²) in [4.78, 5) is 10.2. The van der Waals surface area contributed by atoms with Crippen LogP contribution in [0.25, 0.3) is 5.70 Å². The molecule has 62 valence electrons. The van der Waals surface area contributed by atoms with Gasteiger partial charge in [-0.25, -0.2) is 0 Å². The Labute approximate surface area is 83.3 Å². The third kappa shape index (κ3) is 2.16. The van der Waals surface area contributed by atoms with Crippen molar-refractivity contribution in [3.8, 4) is 0 Å². The smallest absolute Gasteiger partial charge is 0.126 e. The number of nitrogens with zero attached hydrogens (tertiary/aromatic N) is 1. The highest BCUT2D eigenvalue weighted by atomic mass is 79.9. The van der Waals surface area contributed by atoms with Crippen LogP contribution in [0.2, 0.25) is 0 Å². The average molecular weight is 246 g/mol. The molecule has 0 aromatic heterocycles. The third-order valence-corrected chi connectivity index (χ3v) is 2.08.